The Morgan fingerprint density at radius 2 is 1.65 bits per heavy atom. The minimum absolute atomic E-state index is 0.491. The zero-order chi connectivity index (χ0) is 13.8. The average molecular weight is 271 g/mol. The zero-order valence-corrected chi connectivity index (χ0v) is 12.9. The maximum absolute atomic E-state index is 3.94. The van der Waals surface area contributed by atoms with E-state index in [1.54, 1.807) is 0 Å². The van der Waals surface area contributed by atoms with Crippen LogP contribution in [-0.4, -0.2) is 6.04 Å². The van der Waals surface area contributed by atoms with Crippen molar-refractivity contribution in [3.63, 3.8) is 0 Å². The first-order valence-corrected chi connectivity index (χ1v) is 8.65. The first-order valence-electron chi connectivity index (χ1n) is 8.65. The number of hydrogen-bond donors (Lipinski definition) is 1. The highest BCUT2D eigenvalue weighted by Crippen LogP contribution is 2.40. The summed E-state index contributed by atoms with van der Waals surface area (Å²) in [5.41, 5.74) is 1.43. The summed E-state index contributed by atoms with van der Waals surface area (Å²) in [6, 6.07) is 12.2. The van der Waals surface area contributed by atoms with Gasteiger partial charge in [0, 0.05) is 12.1 Å². The summed E-state index contributed by atoms with van der Waals surface area (Å²) in [4.78, 5) is 0. The molecule has 2 aliphatic carbocycles. The van der Waals surface area contributed by atoms with Crippen LogP contribution in [0.15, 0.2) is 30.3 Å². The molecule has 1 heteroatoms. The van der Waals surface area contributed by atoms with Crippen molar-refractivity contribution >= 4 is 0 Å². The van der Waals surface area contributed by atoms with Gasteiger partial charge in [0.15, 0.2) is 0 Å². The Kier molecular flexibility index (Phi) is 4.77. The molecular weight excluding hydrogens is 242 g/mol. The van der Waals surface area contributed by atoms with Crippen molar-refractivity contribution < 1.29 is 0 Å². The standard InChI is InChI=1S/C19H29N/c1-15(16-9-4-2-5-10-16)20-19-14-8-13-18(19)17-11-6-3-7-12-17/h2,4-5,9-10,15,17-20H,3,6-8,11-14H2,1H3/t15-,18-,19-/m1/s1. The first-order chi connectivity index (χ1) is 9.84. The van der Waals surface area contributed by atoms with E-state index in [9.17, 15) is 0 Å². The molecule has 0 aliphatic heterocycles. The molecule has 1 aromatic carbocycles. The third kappa shape index (κ3) is 3.25. The lowest BCUT2D eigenvalue weighted by molar-refractivity contribution is 0.209. The van der Waals surface area contributed by atoms with Gasteiger partial charge in [0.25, 0.3) is 0 Å². The average Bonchev–Trinajstić information content (AvgIpc) is 2.97. The van der Waals surface area contributed by atoms with E-state index in [4.69, 9.17) is 0 Å². The van der Waals surface area contributed by atoms with Crippen molar-refractivity contribution in [1.29, 1.82) is 0 Å². The lowest BCUT2D eigenvalue weighted by Crippen LogP contribution is -2.38. The molecule has 110 valence electrons. The molecule has 1 N–H and O–H groups in total. The zero-order valence-electron chi connectivity index (χ0n) is 12.9. The highest BCUT2D eigenvalue weighted by Gasteiger charge is 2.34. The monoisotopic (exact) mass is 271 g/mol. The summed E-state index contributed by atoms with van der Waals surface area (Å²) in [5, 5.41) is 3.94. The Morgan fingerprint density at radius 1 is 0.900 bits per heavy atom. The molecule has 0 saturated heterocycles. The number of nitrogens with one attached hydrogen (secondary N) is 1. The fourth-order valence-corrected chi connectivity index (χ4v) is 4.48. The normalized spacial score (nSPS) is 29.4. The maximum atomic E-state index is 3.94. The van der Waals surface area contributed by atoms with Crippen LogP contribution < -0.4 is 5.32 Å². The molecule has 0 heterocycles. The van der Waals surface area contributed by atoms with Crippen molar-refractivity contribution in [3.8, 4) is 0 Å². The fourth-order valence-electron chi connectivity index (χ4n) is 4.48. The van der Waals surface area contributed by atoms with Gasteiger partial charge in [-0.1, -0.05) is 68.9 Å². The van der Waals surface area contributed by atoms with Gasteiger partial charge in [0.1, 0.15) is 0 Å². The SMILES string of the molecule is C[C@@H](N[C@@H]1CCC[C@@H]1C1CCCCC1)c1ccccc1. The third-order valence-electron chi connectivity index (χ3n) is 5.59. The van der Waals surface area contributed by atoms with E-state index in [2.05, 4.69) is 42.6 Å². The molecule has 2 aliphatic rings. The highest BCUT2D eigenvalue weighted by molar-refractivity contribution is 5.18. The van der Waals surface area contributed by atoms with Crippen LogP contribution in [0.1, 0.15) is 69.9 Å². The summed E-state index contributed by atoms with van der Waals surface area (Å²) in [6.45, 7) is 2.32. The van der Waals surface area contributed by atoms with Gasteiger partial charge in [-0.2, -0.15) is 0 Å². The van der Waals surface area contributed by atoms with Gasteiger partial charge in [0.2, 0.25) is 0 Å². The van der Waals surface area contributed by atoms with Crippen LogP contribution in [0.25, 0.3) is 0 Å². The van der Waals surface area contributed by atoms with Gasteiger partial charge in [0.05, 0.1) is 0 Å². The number of hydrogen-bond acceptors (Lipinski definition) is 1. The molecule has 0 amide bonds. The fraction of sp³-hybridized carbons (Fsp3) is 0.684. The predicted molar refractivity (Wildman–Crippen MR) is 85.7 cm³/mol. The molecular formula is C19H29N. The summed E-state index contributed by atoms with van der Waals surface area (Å²) in [7, 11) is 0. The van der Waals surface area contributed by atoms with Gasteiger partial charge >= 0.3 is 0 Å². The Bertz CT molecular complexity index is 393. The van der Waals surface area contributed by atoms with Gasteiger partial charge < -0.3 is 5.32 Å². The van der Waals surface area contributed by atoms with Crippen LogP contribution in [0.5, 0.6) is 0 Å². The van der Waals surface area contributed by atoms with E-state index in [0.717, 1.165) is 17.9 Å². The number of benzene rings is 1. The second-order valence-electron chi connectivity index (χ2n) is 6.90. The Labute approximate surface area is 124 Å². The van der Waals surface area contributed by atoms with Gasteiger partial charge in [-0.25, -0.2) is 0 Å². The van der Waals surface area contributed by atoms with Crippen LogP contribution in [0, 0.1) is 11.8 Å². The first kappa shape index (κ1) is 14.1. The lowest BCUT2D eigenvalue weighted by Gasteiger charge is -2.33. The second kappa shape index (κ2) is 6.76. The summed E-state index contributed by atoms with van der Waals surface area (Å²) in [6.07, 6.45) is 11.7. The van der Waals surface area contributed by atoms with E-state index in [0.29, 0.717) is 6.04 Å². The van der Waals surface area contributed by atoms with E-state index in [-0.39, 0.29) is 0 Å². The van der Waals surface area contributed by atoms with E-state index >= 15 is 0 Å². The van der Waals surface area contributed by atoms with Crippen molar-refractivity contribution in [2.75, 3.05) is 0 Å². The molecule has 1 aromatic rings. The van der Waals surface area contributed by atoms with Crippen molar-refractivity contribution in [2.45, 2.75) is 70.4 Å². The largest absolute Gasteiger partial charge is 0.307 e. The van der Waals surface area contributed by atoms with Crippen molar-refractivity contribution in [2.24, 2.45) is 11.8 Å². The molecule has 2 saturated carbocycles. The van der Waals surface area contributed by atoms with E-state index in [1.165, 1.54) is 56.9 Å². The molecule has 0 bridgehead atoms. The third-order valence-corrected chi connectivity index (χ3v) is 5.59. The van der Waals surface area contributed by atoms with E-state index < -0.39 is 0 Å². The highest BCUT2D eigenvalue weighted by atomic mass is 15.0. The maximum Gasteiger partial charge on any atom is 0.0294 e. The topological polar surface area (TPSA) is 12.0 Å². The minimum atomic E-state index is 0.491. The molecule has 3 atom stereocenters. The molecule has 0 radical (unpaired) electrons. The lowest BCUT2D eigenvalue weighted by atomic mass is 9.77. The molecule has 20 heavy (non-hydrogen) atoms. The van der Waals surface area contributed by atoms with E-state index in [1.807, 2.05) is 0 Å². The minimum Gasteiger partial charge on any atom is -0.307 e. The molecule has 0 spiro atoms. The Morgan fingerprint density at radius 3 is 2.40 bits per heavy atom. The van der Waals surface area contributed by atoms with Gasteiger partial charge in [-0.05, 0) is 37.2 Å². The number of rotatable bonds is 4. The molecule has 0 aromatic heterocycles. The smallest absolute Gasteiger partial charge is 0.0294 e. The van der Waals surface area contributed by atoms with Gasteiger partial charge in [-0.15, -0.1) is 0 Å². The van der Waals surface area contributed by atoms with Crippen LogP contribution in [0.4, 0.5) is 0 Å². The van der Waals surface area contributed by atoms with Crippen molar-refractivity contribution in [1.82, 2.24) is 5.32 Å². The summed E-state index contributed by atoms with van der Waals surface area (Å²) in [5.74, 6) is 1.95. The molecule has 3 rings (SSSR count). The van der Waals surface area contributed by atoms with Crippen molar-refractivity contribution in [3.05, 3.63) is 35.9 Å². The Hall–Kier alpha value is -0.820. The van der Waals surface area contributed by atoms with Crippen LogP contribution in [0.2, 0.25) is 0 Å². The molecule has 2 fully saturated rings. The van der Waals surface area contributed by atoms with Crippen LogP contribution in [-0.2, 0) is 0 Å². The molecule has 0 unspecified atom stereocenters. The summed E-state index contributed by atoms with van der Waals surface area (Å²) >= 11 is 0. The second-order valence-corrected chi connectivity index (χ2v) is 6.90. The van der Waals surface area contributed by atoms with Crippen LogP contribution >= 0.6 is 0 Å². The summed E-state index contributed by atoms with van der Waals surface area (Å²) < 4.78 is 0. The molecule has 1 nitrogen and oxygen atoms in total. The quantitative estimate of drug-likeness (QED) is 0.804. The Balaban J connectivity index is 1.61. The van der Waals surface area contributed by atoms with Gasteiger partial charge in [-0.3, -0.25) is 0 Å². The van der Waals surface area contributed by atoms with Crippen LogP contribution in [0.3, 0.4) is 0 Å². The predicted octanol–water partition coefficient (Wildman–Crippen LogP) is 5.09.